The highest BCUT2D eigenvalue weighted by Gasteiger charge is 2.25. The molecule has 0 aliphatic heterocycles. The number of hydrogen-bond acceptors (Lipinski definition) is 5. The van der Waals surface area contributed by atoms with Crippen molar-refractivity contribution in [2.45, 2.75) is 38.4 Å². The van der Waals surface area contributed by atoms with E-state index in [1.54, 1.807) is 6.92 Å². The molecule has 1 aromatic heterocycles. The normalized spacial score (nSPS) is 27.2. The average Bonchev–Trinajstić information content (AvgIpc) is 2.43. The molecular formula is C8H14N4O. The van der Waals surface area contributed by atoms with Gasteiger partial charge in [0.2, 0.25) is 5.89 Å². The third-order valence-corrected chi connectivity index (χ3v) is 2.29. The van der Waals surface area contributed by atoms with Gasteiger partial charge in [0.05, 0.1) is 6.54 Å². The lowest BCUT2D eigenvalue weighted by atomic mass is 9.88. The van der Waals surface area contributed by atoms with Crippen LogP contribution in [0.3, 0.4) is 0 Å². The Balaban J connectivity index is 1.74. The Morgan fingerprint density at radius 1 is 1.62 bits per heavy atom. The van der Waals surface area contributed by atoms with Gasteiger partial charge in [-0.25, -0.2) is 0 Å². The molecule has 0 spiro atoms. The molecule has 0 aromatic carbocycles. The summed E-state index contributed by atoms with van der Waals surface area (Å²) in [6.07, 6.45) is 2.10. The molecule has 5 heteroatoms. The molecule has 0 atom stereocenters. The van der Waals surface area contributed by atoms with Crippen molar-refractivity contribution in [3.8, 4) is 0 Å². The van der Waals surface area contributed by atoms with Crippen LogP contribution in [0.1, 0.15) is 24.6 Å². The van der Waals surface area contributed by atoms with Gasteiger partial charge in [-0.15, -0.1) is 0 Å². The van der Waals surface area contributed by atoms with Crippen LogP contribution in [-0.2, 0) is 6.54 Å². The van der Waals surface area contributed by atoms with Gasteiger partial charge < -0.3 is 15.6 Å². The third-order valence-electron chi connectivity index (χ3n) is 2.29. The molecule has 0 radical (unpaired) electrons. The fourth-order valence-electron chi connectivity index (χ4n) is 1.48. The molecule has 2 rings (SSSR count). The molecule has 0 bridgehead atoms. The minimum atomic E-state index is 0.379. The van der Waals surface area contributed by atoms with Gasteiger partial charge in [0.1, 0.15) is 0 Å². The molecule has 13 heavy (non-hydrogen) atoms. The molecule has 0 saturated heterocycles. The first kappa shape index (κ1) is 8.65. The maximum atomic E-state index is 5.65. The molecule has 1 aliphatic rings. The zero-order chi connectivity index (χ0) is 9.26. The van der Waals surface area contributed by atoms with Gasteiger partial charge >= 0.3 is 0 Å². The fourth-order valence-corrected chi connectivity index (χ4v) is 1.48. The summed E-state index contributed by atoms with van der Waals surface area (Å²) in [6, 6.07) is 0.915. The molecule has 1 aliphatic carbocycles. The minimum Gasteiger partial charge on any atom is -0.340 e. The highest BCUT2D eigenvalue weighted by Crippen LogP contribution is 2.17. The van der Waals surface area contributed by atoms with Crippen LogP contribution in [0.4, 0.5) is 0 Å². The molecule has 5 nitrogen and oxygen atoms in total. The van der Waals surface area contributed by atoms with Crippen molar-refractivity contribution in [3.63, 3.8) is 0 Å². The van der Waals surface area contributed by atoms with Crippen LogP contribution in [-0.4, -0.2) is 22.2 Å². The zero-order valence-electron chi connectivity index (χ0n) is 7.66. The van der Waals surface area contributed by atoms with Crippen molar-refractivity contribution in [2.75, 3.05) is 0 Å². The number of nitrogens with two attached hydrogens (primary N) is 1. The third kappa shape index (κ3) is 2.05. The first-order chi connectivity index (χ1) is 6.24. The van der Waals surface area contributed by atoms with Crippen LogP contribution in [0.15, 0.2) is 4.52 Å². The van der Waals surface area contributed by atoms with Gasteiger partial charge in [-0.05, 0) is 12.8 Å². The van der Waals surface area contributed by atoms with E-state index >= 15 is 0 Å². The van der Waals surface area contributed by atoms with E-state index in [1.165, 1.54) is 0 Å². The maximum Gasteiger partial charge on any atom is 0.223 e. The van der Waals surface area contributed by atoms with Gasteiger partial charge in [0.25, 0.3) is 0 Å². The summed E-state index contributed by atoms with van der Waals surface area (Å²) in [5.41, 5.74) is 5.65. The lowest BCUT2D eigenvalue weighted by Gasteiger charge is -2.32. The molecule has 1 aromatic rings. The van der Waals surface area contributed by atoms with Crippen molar-refractivity contribution < 1.29 is 4.52 Å². The highest BCUT2D eigenvalue weighted by atomic mass is 16.5. The van der Waals surface area contributed by atoms with Crippen LogP contribution < -0.4 is 11.1 Å². The predicted molar refractivity (Wildman–Crippen MR) is 46.9 cm³/mol. The van der Waals surface area contributed by atoms with Gasteiger partial charge in [-0.3, -0.25) is 0 Å². The zero-order valence-corrected chi connectivity index (χ0v) is 7.66. The SMILES string of the molecule is Cc1nc(CNC2CC(N)C2)no1. The summed E-state index contributed by atoms with van der Waals surface area (Å²) in [7, 11) is 0. The van der Waals surface area contributed by atoms with E-state index in [0.717, 1.165) is 18.7 Å². The Morgan fingerprint density at radius 3 is 2.92 bits per heavy atom. The quantitative estimate of drug-likeness (QED) is 0.685. The van der Waals surface area contributed by atoms with Gasteiger partial charge in [-0.1, -0.05) is 5.16 Å². The van der Waals surface area contributed by atoms with Crippen LogP contribution in [0.5, 0.6) is 0 Å². The lowest BCUT2D eigenvalue weighted by Crippen LogP contribution is -2.48. The van der Waals surface area contributed by atoms with Crippen LogP contribution in [0.2, 0.25) is 0 Å². The van der Waals surface area contributed by atoms with E-state index in [0.29, 0.717) is 24.5 Å². The molecule has 1 heterocycles. The number of nitrogens with zero attached hydrogens (tertiary/aromatic N) is 2. The standard InChI is InChI=1S/C8H14N4O/c1-5-11-8(12-13-5)4-10-7-2-6(9)3-7/h6-7,10H,2-4,9H2,1H3. The Hall–Kier alpha value is -0.940. The van der Waals surface area contributed by atoms with E-state index in [9.17, 15) is 0 Å². The number of rotatable bonds is 3. The minimum absolute atomic E-state index is 0.379. The lowest BCUT2D eigenvalue weighted by molar-refractivity contribution is 0.286. The Kier molecular flexibility index (Phi) is 2.28. The second-order valence-corrected chi connectivity index (χ2v) is 3.54. The Bertz CT molecular complexity index is 279. The van der Waals surface area contributed by atoms with E-state index < -0.39 is 0 Å². The highest BCUT2D eigenvalue weighted by molar-refractivity contribution is 4.90. The summed E-state index contributed by atoms with van der Waals surface area (Å²) in [4.78, 5) is 4.09. The average molecular weight is 182 g/mol. The van der Waals surface area contributed by atoms with Crippen molar-refractivity contribution in [1.82, 2.24) is 15.5 Å². The largest absolute Gasteiger partial charge is 0.340 e. The van der Waals surface area contributed by atoms with E-state index in [1.807, 2.05) is 0 Å². The molecule has 0 unspecified atom stereocenters. The van der Waals surface area contributed by atoms with Gasteiger partial charge in [0.15, 0.2) is 5.82 Å². The smallest absolute Gasteiger partial charge is 0.223 e. The topological polar surface area (TPSA) is 77.0 Å². The van der Waals surface area contributed by atoms with Crippen molar-refractivity contribution >= 4 is 0 Å². The second-order valence-electron chi connectivity index (χ2n) is 3.54. The van der Waals surface area contributed by atoms with Crippen molar-refractivity contribution in [1.29, 1.82) is 0 Å². The summed E-state index contributed by atoms with van der Waals surface area (Å²) in [5.74, 6) is 1.33. The molecule has 1 fully saturated rings. The Morgan fingerprint density at radius 2 is 2.38 bits per heavy atom. The van der Waals surface area contributed by atoms with E-state index in [4.69, 9.17) is 10.3 Å². The predicted octanol–water partition coefficient (Wildman–Crippen LogP) is -0.0427. The van der Waals surface area contributed by atoms with Crippen molar-refractivity contribution in [2.24, 2.45) is 5.73 Å². The Labute approximate surface area is 76.7 Å². The van der Waals surface area contributed by atoms with Gasteiger partial charge in [0, 0.05) is 19.0 Å². The summed E-state index contributed by atoms with van der Waals surface area (Å²) in [6.45, 7) is 2.46. The van der Waals surface area contributed by atoms with E-state index in [-0.39, 0.29) is 0 Å². The number of hydrogen-bond donors (Lipinski definition) is 2. The molecular weight excluding hydrogens is 168 g/mol. The number of aromatic nitrogens is 2. The number of nitrogens with one attached hydrogen (secondary N) is 1. The molecule has 3 N–H and O–H groups in total. The maximum absolute atomic E-state index is 5.65. The molecule has 72 valence electrons. The summed E-state index contributed by atoms with van der Waals surface area (Å²) >= 11 is 0. The first-order valence-electron chi connectivity index (χ1n) is 4.52. The van der Waals surface area contributed by atoms with Gasteiger partial charge in [-0.2, -0.15) is 4.98 Å². The number of aryl methyl sites for hydroxylation is 1. The monoisotopic (exact) mass is 182 g/mol. The first-order valence-corrected chi connectivity index (χ1v) is 4.52. The van der Waals surface area contributed by atoms with E-state index in [2.05, 4.69) is 15.5 Å². The second kappa shape index (κ2) is 3.43. The van der Waals surface area contributed by atoms with Crippen molar-refractivity contribution in [3.05, 3.63) is 11.7 Å². The molecule has 1 saturated carbocycles. The molecule has 0 amide bonds. The summed E-state index contributed by atoms with van der Waals surface area (Å²) < 4.78 is 4.84. The van der Waals surface area contributed by atoms with Crippen LogP contribution in [0.25, 0.3) is 0 Å². The van der Waals surface area contributed by atoms with Crippen LogP contribution in [0, 0.1) is 6.92 Å². The van der Waals surface area contributed by atoms with Crippen LogP contribution >= 0.6 is 0 Å². The summed E-state index contributed by atoms with van der Waals surface area (Å²) in [5, 5.41) is 7.10. The fraction of sp³-hybridized carbons (Fsp3) is 0.750.